The quantitative estimate of drug-likeness (QED) is 0.840. The predicted molar refractivity (Wildman–Crippen MR) is 107 cm³/mol. The third-order valence-corrected chi connectivity index (χ3v) is 6.30. The number of methoxy groups -OCH3 is 1. The molecule has 0 saturated carbocycles. The maximum atomic E-state index is 6.04. The van der Waals surface area contributed by atoms with E-state index in [2.05, 4.69) is 55.4 Å². The lowest BCUT2D eigenvalue weighted by Gasteiger charge is -2.46. The molecule has 0 aromatic heterocycles. The van der Waals surface area contributed by atoms with Crippen LogP contribution in [-0.4, -0.2) is 56.9 Å². The number of likely N-dealkylation sites (tertiary alicyclic amines) is 1. The SMILES string of the molecule is COc1ccc([C@]2(CCNC3CCN(C)CC3)CCOC(C)(C)C2)cc1. The molecule has 2 aliphatic rings. The smallest absolute Gasteiger partial charge is 0.118 e. The largest absolute Gasteiger partial charge is 0.497 e. The fraction of sp³-hybridized carbons (Fsp3) is 0.727. The fourth-order valence-electron chi connectivity index (χ4n) is 4.75. The first-order valence-corrected chi connectivity index (χ1v) is 10.1. The van der Waals surface area contributed by atoms with E-state index < -0.39 is 0 Å². The Morgan fingerprint density at radius 3 is 2.50 bits per heavy atom. The zero-order valence-corrected chi connectivity index (χ0v) is 17.0. The Morgan fingerprint density at radius 1 is 1.19 bits per heavy atom. The van der Waals surface area contributed by atoms with Crippen LogP contribution in [0.1, 0.15) is 51.5 Å². The number of nitrogens with one attached hydrogen (secondary N) is 1. The Labute approximate surface area is 159 Å². The molecule has 1 N–H and O–H groups in total. The van der Waals surface area contributed by atoms with E-state index in [0.29, 0.717) is 6.04 Å². The van der Waals surface area contributed by atoms with Crippen LogP contribution in [0.25, 0.3) is 0 Å². The number of hydrogen-bond donors (Lipinski definition) is 1. The Morgan fingerprint density at radius 2 is 1.88 bits per heavy atom. The van der Waals surface area contributed by atoms with Gasteiger partial charge in [0.15, 0.2) is 0 Å². The average molecular weight is 361 g/mol. The molecular formula is C22H36N2O2. The first-order valence-electron chi connectivity index (χ1n) is 10.1. The van der Waals surface area contributed by atoms with Crippen molar-refractivity contribution in [3.63, 3.8) is 0 Å². The molecule has 4 nitrogen and oxygen atoms in total. The normalized spacial score (nSPS) is 27.4. The summed E-state index contributed by atoms with van der Waals surface area (Å²) in [5, 5.41) is 3.84. The molecule has 4 heteroatoms. The van der Waals surface area contributed by atoms with Crippen molar-refractivity contribution in [3.8, 4) is 5.75 Å². The van der Waals surface area contributed by atoms with Gasteiger partial charge in [0.1, 0.15) is 5.75 Å². The minimum absolute atomic E-state index is 0.0638. The van der Waals surface area contributed by atoms with Gasteiger partial charge in [-0.2, -0.15) is 0 Å². The van der Waals surface area contributed by atoms with Crippen LogP contribution in [0.3, 0.4) is 0 Å². The second-order valence-corrected chi connectivity index (χ2v) is 8.83. The van der Waals surface area contributed by atoms with Gasteiger partial charge >= 0.3 is 0 Å². The highest BCUT2D eigenvalue weighted by Gasteiger charge is 2.41. The molecule has 3 rings (SSSR count). The Hall–Kier alpha value is -1.10. The molecule has 2 fully saturated rings. The molecule has 2 heterocycles. The molecule has 0 unspecified atom stereocenters. The van der Waals surface area contributed by atoms with Gasteiger partial charge < -0.3 is 19.7 Å². The number of rotatable bonds is 6. The van der Waals surface area contributed by atoms with Crippen molar-refractivity contribution in [1.29, 1.82) is 0 Å². The van der Waals surface area contributed by atoms with Crippen molar-refractivity contribution in [1.82, 2.24) is 10.2 Å². The maximum Gasteiger partial charge on any atom is 0.118 e. The van der Waals surface area contributed by atoms with Crippen LogP contribution < -0.4 is 10.1 Å². The fourth-order valence-corrected chi connectivity index (χ4v) is 4.75. The summed E-state index contributed by atoms with van der Waals surface area (Å²) in [6.45, 7) is 8.80. The van der Waals surface area contributed by atoms with Crippen LogP contribution in [0.5, 0.6) is 5.75 Å². The lowest BCUT2D eigenvalue weighted by Crippen LogP contribution is -2.47. The number of nitrogens with zero attached hydrogens (tertiary/aromatic N) is 1. The lowest BCUT2D eigenvalue weighted by atomic mass is 9.67. The van der Waals surface area contributed by atoms with Crippen molar-refractivity contribution < 1.29 is 9.47 Å². The zero-order chi connectivity index (χ0) is 18.6. The molecule has 1 atom stereocenters. The summed E-state index contributed by atoms with van der Waals surface area (Å²) in [7, 11) is 3.95. The monoisotopic (exact) mass is 360 g/mol. The molecular weight excluding hydrogens is 324 g/mol. The first-order chi connectivity index (χ1) is 12.4. The first kappa shape index (κ1) is 19.7. The van der Waals surface area contributed by atoms with Crippen molar-refractivity contribution in [3.05, 3.63) is 29.8 Å². The van der Waals surface area contributed by atoms with Crippen LogP contribution >= 0.6 is 0 Å². The van der Waals surface area contributed by atoms with E-state index in [-0.39, 0.29) is 11.0 Å². The molecule has 0 amide bonds. The van der Waals surface area contributed by atoms with Gasteiger partial charge in [-0.3, -0.25) is 0 Å². The Bertz CT molecular complexity index is 564. The highest BCUT2D eigenvalue weighted by molar-refractivity contribution is 5.33. The van der Waals surface area contributed by atoms with Gasteiger partial charge in [-0.25, -0.2) is 0 Å². The van der Waals surface area contributed by atoms with Crippen molar-refractivity contribution >= 4 is 0 Å². The van der Waals surface area contributed by atoms with E-state index in [4.69, 9.17) is 9.47 Å². The minimum atomic E-state index is -0.0638. The van der Waals surface area contributed by atoms with Crippen LogP contribution in [0, 0.1) is 0 Å². The van der Waals surface area contributed by atoms with E-state index in [1.165, 1.54) is 37.9 Å². The highest BCUT2D eigenvalue weighted by Crippen LogP contribution is 2.44. The van der Waals surface area contributed by atoms with Crippen LogP contribution in [0.4, 0.5) is 0 Å². The molecule has 2 saturated heterocycles. The van der Waals surface area contributed by atoms with E-state index in [1.807, 2.05) is 0 Å². The Kier molecular flexibility index (Phi) is 6.26. The van der Waals surface area contributed by atoms with E-state index in [0.717, 1.165) is 31.7 Å². The van der Waals surface area contributed by atoms with E-state index in [1.54, 1.807) is 7.11 Å². The van der Waals surface area contributed by atoms with Gasteiger partial charge in [0, 0.05) is 18.1 Å². The molecule has 0 radical (unpaired) electrons. The molecule has 0 aliphatic carbocycles. The van der Waals surface area contributed by atoms with Crippen LogP contribution in [0.2, 0.25) is 0 Å². The third-order valence-electron chi connectivity index (χ3n) is 6.30. The predicted octanol–water partition coefficient (Wildman–Crippen LogP) is 3.60. The summed E-state index contributed by atoms with van der Waals surface area (Å²) in [5.74, 6) is 0.930. The second kappa shape index (κ2) is 8.28. The Balaban J connectivity index is 1.68. The number of ether oxygens (including phenoxy) is 2. The lowest BCUT2D eigenvalue weighted by molar-refractivity contribution is -0.0841. The summed E-state index contributed by atoms with van der Waals surface area (Å²) in [6, 6.07) is 9.39. The van der Waals surface area contributed by atoms with Crippen molar-refractivity contribution in [2.75, 3.05) is 40.4 Å². The van der Waals surface area contributed by atoms with Gasteiger partial charge in [-0.05, 0) is 90.3 Å². The van der Waals surface area contributed by atoms with Crippen molar-refractivity contribution in [2.24, 2.45) is 0 Å². The van der Waals surface area contributed by atoms with Crippen LogP contribution in [0.15, 0.2) is 24.3 Å². The highest BCUT2D eigenvalue weighted by atomic mass is 16.5. The van der Waals surface area contributed by atoms with E-state index >= 15 is 0 Å². The summed E-state index contributed by atoms with van der Waals surface area (Å²) < 4.78 is 11.4. The summed E-state index contributed by atoms with van der Waals surface area (Å²) in [5.41, 5.74) is 1.55. The molecule has 1 aromatic rings. The van der Waals surface area contributed by atoms with Crippen molar-refractivity contribution in [2.45, 2.75) is 63.0 Å². The number of piperidine rings is 1. The van der Waals surface area contributed by atoms with Crippen LogP contribution in [-0.2, 0) is 10.2 Å². The number of hydrogen-bond acceptors (Lipinski definition) is 4. The van der Waals surface area contributed by atoms with E-state index in [9.17, 15) is 0 Å². The van der Waals surface area contributed by atoms with Gasteiger partial charge in [0.25, 0.3) is 0 Å². The summed E-state index contributed by atoms with van der Waals surface area (Å²) in [4.78, 5) is 2.43. The molecule has 1 aromatic carbocycles. The average Bonchev–Trinajstić information content (AvgIpc) is 2.63. The summed E-state index contributed by atoms with van der Waals surface area (Å²) in [6.07, 6.45) is 5.86. The van der Waals surface area contributed by atoms with Gasteiger partial charge in [-0.15, -0.1) is 0 Å². The maximum absolute atomic E-state index is 6.04. The second-order valence-electron chi connectivity index (χ2n) is 8.83. The molecule has 146 valence electrons. The minimum Gasteiger partial charge on any atom is -0.497 e. The standard InChI is InChI=1S/C22H36N2O2/c1-21(2)17-22(12-16-26-21,18-5-7-20(25-4)8-6-18)11-13-23-19-9-14-24(3)15-10-19/h5-8,19,23H,9-17H2,1-4H3/t22-/m1/s1. The van der Waals surface area contributed by atoms with Gasteiger partial charge in [-0.1, -0.05) is 12.1 Å². The molecule has 26 heavy (non-hydrogen) atoms. The third kappa shape index (κ3) is 4.79. The van der Waals surface area contributed by atoms with Gasteiger partial charge in [0.05, 0.1) is 12.7 Å². The number of benzene rings is 1. The zero-order valence-electron chi connectivity index (χ0n) is 17.0. The molecule has 0 bridgehead atoms. The van der Waals surface area contributed by atoms with Gasteiger partial charge in [0.2, 0.25) is 0 Å². The topological polar surface area (TPSA) is 33.7 Å². The molecule has 2 aliphatic heterocycles. The molecule has 0 spiro atoms. The summed E-state index contributed by atoms with van der Waals surface area (Å²) >= 11 is 0.